The van der Waals surface area contributed by atoms with E-state index in [2.05, 4.69) is 6.92 Å². The van der Waals surface area contributed by atoms with Crippen LogP contribution in [0.5, 0.6) is 0 Å². The maximum atomic E-state index is 12.6. The van der Waals surface area contributed by atoms with Crippen molar-refractivity contribution in [1.29, 1.82) is 0 Å². The van der Waals surface area contributed by atoms with Crippen molar-refractivity contribution in [2.75, 3.05) is 0 Å². The third-order valence-electron chi connectivity index (χ3n) is 3.95. The standard InChI is InChI=1S/C16H23ClN2O/c1-10(2)15(18)16(20)19(14-7-8-14)11(3)12-5-4-6-13(17)9-12/h4-6,9-11,14-15H,7-8,18H2,1-3H3/t11?,15-/m0/s1. The minimum absolute atomic E-state index is 0.0125. The Bertz CT molecular complexity index is 485. The first-order chi connectivity index (χ1) is 9.41. The SMILES string of the molecule is CC(C)[C@H](N)C(=O)N(C1CC1)C(C)c1cccc(Cl)c1. The molecule has 0 spiro atoms. The number of carbonyl (C=O) groups is 1. The zero-order valence-electron chi connectivity index (χ0n) is 12.3. The monoisotopic (exact) mass is 294 g/mol. The predicted molar refractivity (Wildman–Crippen MR) is 82.5 cm³/mol. The average Bonchev–Trinajstić information content (AvgIpc) is 3.22. The summed E-state index contributed by atoms with van der Waals surface area (Å²) in [4.78, 5) is 14.6. The summed E-state index contributed by atoms with van der Waals surface area (Å²) in [7, 11) is 0. The van der Waals surface area contributed by atoms with Crippen molar-refractivity contribution >= 4 is 17.5 Å². The summed E-state index contributed by atoms with van der Waals surface area (Å²) in [6.45, 7) is 6.02. The van der Waals surface area contributed by atoms with Gasteiger partial charge in [-0.1, -0.05) is 37.6 Å². The molecule has 2 rings (SSSR count). The van der Waals surface area contributed by atoms with Gasteiger partial charge in [-0.2, -0.15) is 0 Å². The Labute approximate surface area is 126 Å². The van der Waals surface area contributed by atoms with Gasteiger partial charge in [-0.3, -0.25) is 4.79 Å². The molecule has 2 N–H and O–H groups in total. The van der Waals surface area contributed by atoms with Gasteiger partial charge in [-0.15, -0.1) is 0 Å². The topological polar surface area (TPSA) is 46.3 Å². The molecule has 4 heteroatoms. The normalized spacial score (nSPS) is 17.9. The number of amides is 1. The van der Waals surface area contributed by atoms with E-state index in [9.17, 15) is 4.79 Å². The summed E-state index contributed by atoms with van der Waals surface area (Å²) in [5, 5.41) is 0.700. The fraction of sp³-hybridized carbons (Fsp3) is 0.562. The number of carbonyl (C=O) groups excluding carboxylic acids is 1. The molecule has 0 aliphatic heterocycles. The molecule has 1 aromatic carbocycles. The van der Waals surface area contributed by atoms with Crippen LogP contribution in [0, 0.1) is 5.92 Å². The van der Waals surface area contributed by atoms with Gasteiger partial charge in [0.15, 0.2) is 0 Å². The quantitative estimate of drug-likeness (QED) is 0.905. The van der Waals surface area contributed by atoms with E-state index in [4.69, 9.17) is 17.3 Å². The van der Waals surface area contributed by atoms with Crippen molar-refractivity contribution < 1.29 is 4.79 Å². The molecule has 1 amide bonds. The highest BCUT2D eigenvalue weighted by Gasteiger charge is 2.38. The summed E-state index contributed by atoms with van der Waals surface area (Å²) in [5.41, 5.74) is 7.12. The number of hydrogen-bond donors (Lipinski definition) is 1. The third kappa shape index (κ3) is 3.33. The van der Waals surface area contributed by atoms with Crippen molar-refractivity contribution in [2.24, 2.45) is 11.7 Å². The molecule has 1 aliphatic rings. The lowest BCUT2D eigenvalue weighted by molar-refractivity contribution is -0.136. The molecule has 110 valence electrons. The second kappa shape index (κ2) is 6.15. The van der Waals surface area contributed by atoms with Gasteiger partial charge in [0, 0.05) is 11.1 Å². The van der Waals surface area contributed by atoms with Gasteiger partial charge in [-0.25, -0.2) is 0 Å². The van der Waals surface area contributed by atoms with E-state index in [0.29, 0.717) is 11.1 Å². The number of nitrogens with two attached hydrogens (primary N) is 1. The Morgan fingerprint density at radius 3 is 2.50 bits per heavy atom. The van der Waals surface area contributed by atoms with Gasteiger partial charge in [0.1, 0.15) is 0 Å². The van der Waals surface area contributed by atoms with Crippen LogP contribution in [0.3, 0.4) is 0 Å². The van der Waals surface area contributed by atoms with E-state index in [-0.39, 0.29) is 17.9 Å². The number of nitrogens with zero attached hydrogens (tertiary/aromatic N) is 1. The predicted octanol–water partition coefficient (Wildman–Crippen LogP) is 3.38. The zero-order chi connectivity index (χ0) is 14.9. The molecule has 1 aliphatic carbocycles. The molecule has 3 nitrogen and oxygen atoms in total. The zero-order valence-corrected chi connectivity index (χ0v) is 13.1. The molecule has 0 radical (unpaired) electrons. The van der Waals surface area contributed by atoms with Gasteiger partial charge in [-0.05, 0) is 43.4 Å². The fourth-order valence-electron chi connectivity index (χ4n) is 2.42. The highest BCUT2D eigenvalue weighted by atomic mass is 35.5. The number of benzene rings is 1. The van der Waals surface area contributed by atoms with Crippen LogP contribution < -0.4 is 5.73 Å². The van der Waals surface area contributed by atoms with Crippen LogP contribution in [0.4, 0.5) is 0 Å². The Morgan fingerprint density at radius 1 is 1.35 bits per heavy atom. The Balaban J connectivity index is 2.22. The molecular weight excluding hydrogens is 272 g/mol. The van der Waals surface area contributed by atoms with Gasteiger partial charge >= 0.3 is 0 Å². The van der Waals surface area contributed by atoms with Crippen LogP contribution in [0.2, 0.25) is 5.02 Å². The number of halogens is 1. The molecule has 1 saturated carbocycles. The van der Waals surface area contributed by atoms with E-state index >= 15 is 0 Å². The maximum absolute atomic E-state index is 12.6. The maximum Gasteiger partial charge on any atom is 0.240 e. The lowest BCUT2D eigenvalue weighted by atomic mass is 10.0. The van der Waals surface area contributed by atoms with Crippen molar-refractivity contribution in [3.8, 4) is 0 Å². The largest absolute Gasteiger partial charge is 0.332 e. The minimum atomic E-state index is -0.433. The van der Waals surface area contributed by atoms with Crippen molar-refractivity contribution in [3.05, 3.63) is 34.9 Å². The lowest BCUT2D eigenvalue weighted by Crippen LogP contribution is -2.48. The van der Waals surface area contributed by atoms with E-state index < -0.39 is 6.04 Å². The van der Waals surface area contributed by atoms with Gasteiger partial charge < -0.3 is 10.6 Å². The first-order valence-electron chi connectivity index (χ1n) is 7.25. The van der Waals surface area contributed by atoms with E-state index in [0.717, 1.165) is 18.4 Å². The Morgan fingerprint density at radius 2 is 2.00 bits per heavy atom. The summed E-state index contributed by atoms with van der Waals surface area (Å²) in [6.07, 6.45) is 2.14. The van der Waals surface area contributed by atoms with Gasteiger partial charge in [0.25, 0.3) is 0 Å². The third-order valence-corrected chi connectivity index (χ3v) is 4.18. The summed E-state index contributed by atoms with van der Waals surface area (Å²) >= 11 is 6.05. The van der Waals surface area contributed by atoms with Gasteiger partial charge in [0.2, 0.25) is 5.91 Å². The van der Waals surface area contributed by atoms with Crippen LogP contribution in [0.1, 0.15) is 45.2 Å². The van der Waals surface area contributed by atoms with Crippen molar-refractivity contribution in [1.82, 2.24) is 4.90 Å². The smallest absolute Gasteiger partial charge is 0.240 e. The van der Waals surface area contributed by atoms with Crippen LogP contribution in [0.25, 0.3) is 0 Å². The molecule has 0 aromatic heterocycles. The molecule has 0 bridgehead atoms. The highest BCUT2D eigenvalue weighted by molar-refractivity contribution is 6.30. The van der Waals surface area contributed by atoms with Crippen molar-refractivity contribution in [3.63, 3.8) is 0 Å². The molecule has 0 saturated heterocycles. The number of hydrogen-bond acceptors (Lipinski definition) is 2. The lowest BCUT2D eigenvalue weighted by Gasteiger charge is -2.33. The van der Waals surface area contributed by atoms with E-state index in [1.54, 1.807) is 0 Å². The van der Waals surface area contributed by atoms with Crippen LogP contribution >= 0.6 is 11.6 Å². The second-order valence-corrected chi connectivity index (χ2v) is 6.41. The van der Waals surface area contributed by atoms with Crippen molar-refractivity contribution in [2.45, 2.75) is 51.7 Å². The van der Waals surface area contributed by atoms with E-state index in [1.807, 2.05) is 43.0 Å². The van der Waals surface area contributed by atoms with Crippen LogP contribution in [0.15, 0.2) is 24.3 Å². The molecule has 1 fully saturated rings. The summed E-state index contributed by atoms with van der Waals surface area (Å²) < 4.78 is 0. The Kier molecular flexibility index (Phi) is 4.71. The molecule has 0 heterocycles. The molecule has 1 unspecified atom stereocenters. The van der Waals surface area contributed by atoms with Gasteiger partial charge in [0.05, 0.1) is 12.1 Å². The Hall–Kier alpha value is -1.06. The first kappa shape index (κ1) is 15.3. The molecule has 2 atom stereocenters. The first-order valence-corrected chi connectivity index (χ1v) is 7.63. The van der Waals surface area contributed by atoms with E-state index in [1.165, 1.54) is 0 Å². The summed E-state index contributed by atoms with van der Waals surface area (Å²) in [5.74, 6) is 0.199. The summed E-state index contributed by atoms with van der Waals surface area (Å²) in [6, 6.07) is 7.63. The van der Waals surface area contributed by atoms with Crippen LogP contribution in [-0.2, 0) is 4.79 Å². The average molecular weight is 295 g/mol. The van der Waals surface area contributed by atoms with Crippen LogP contribution in [-0.4, -0.2) is 22.9 Å². The second-order valence-electron chi connectivity index (χ2n) is 5.98. The fourth-order valence-corrected chi connectivity index (χ4v) is 2.62. The highest BCUT2D eigenvalue weighted by Crippen LogP contribution is 2.35. The molecule has 20 heavy (non-hydrogen) atoms. The molecule has 1 aromatic rings. The molecular formula is C16H23ClN2O. The minimum Gasteiger partial charge on any atom is -0.332 e. The number of rotatable bonds is 5.